The Balaban J connectivity index is 2.00. The lowest BCUT2D eigenvalue weighted by molar-refractivity contribution is -0.128. The molecule has 144 valence electrons. The Morgan fingerprint density at radius 3 is 2.31 bits per heavy atom. The first-order valence-corrected chi connectivity index (χ1v) is 9.72. The molecule has 2 amide bonds. The Hall–Kier alpha value is -1.88. The fourth-order valence-electron chi connectivity index (χ4n) is 3.19. The van der Waals surface area contributed by atoms with Gasteiger partial charge in [0.1, 0.15) is 0 Å². The number of carbonyl (C=O) groups is 2. The molecule has 5 heteroatoms. The number of piperidine rings is 1. The van der Waals surface area contributed by atoms with Crippen molar-refractivity contribution in [2.75, 3.05) is 19.6 Å². The molecule has 1 aliphatic rings. The van der Waals surface area contributed by atoms with Gasteiger partial charge in [-0.3, -0.25) is 9.59 Å². The maximum Gasteiger partial charge on any atom is 0.254 e. The molecule has 0 unspecified atom stereocenters. The van der Waals surface area contributed by atoms with E-state index in [0.29, 0.717) is 12.6 Å². The van der Waals surface area contributed by atoms with Gasteiger partial charge in [0.05, 0.1) is 0 Å². The third-order valence-electron chi connectivity index (χ3n) is 4.81. The van der Waals surface area contributed by atoms with E-state index in [1.807, 2.05) is 49.9 Å². The second kappa shape index (κ2) is 9.17. The van der Waals surface area contributed by atoms with E-state index in [1.54, 1.807) is 0 Å². The second-order valence-corrected chi connectivity index (χ2v) is 8.11. The second-order valence-electron chi connectivity index (χ2n) is 8.11. The zero-order chi connectivity index (χ0) is 19.2. The van der Waals surface area contributed by atoms with Crippen LogP contribution >= 0.6 is 0 Å². The lowest BCUT2D eigenvalue weighted by Crippen LogP contribution is -2.46. The van der Waals surface area contributed by atoms with Crippen LogP contribution in [0.3, 0.4) is 0 Å². The largest absolute Gasteiger partial charge is 0.352 e. The van der Waals surface area contributed by atoms with Crippen molar-refractivity contribution >= 4 is 11.8 Å². The number of rotatable bonds is 6. The number of hydrogen-bond acceptors (Lipinski definition) is 3. The number of benzene rings is 1. The maximum absolute atomic E-state index is 13.0. The molecule has 0 bridgehead atoms. The van der Waals surface area contributed by atoms with Gasteiger partial charge in [-0.2, -0.15) is 0 Å². The lowest BCUT2D eigenvalue weighted by atomic mass is 9.95. The normalized spacial score (nSPS) is 15.5. The molecule has 2 N–H and O–H groups in total. The van der Waals surface area contributed by atoms with E-state index < -0.39 is 5.41 Å². The van der Waals surface area contributed by atoms with Crippen LogP contribution in [-0.2, 0) is 11.3 Å². The summed E-state index contributed by atoms with van der Waals surface area (Å²) >= 11 is 0. The average Bonchev–Trinajstić information content (AvgIpc) is 2.64. The molecule has 1 heterocycles. The first-order chi connectivity index (χ1) is 12.3. The molecule has 5 nitrogen and oxygen atoms in total. The lowest BCUT2D eigenvalue weighted by Gasteiger charge is -2.34. The van der Waals surface area contributed by atoms with Gasteiger partial charge in [0, 0.05) is 30.1 Å². The summed E-state index contributed by atoms with van der Waals surface area (Å²) < 4.78 is 0. The number of carbonyl (C=O) groups excluding carboxylic acids is 2. The molecule has 0 aromatic heterocycles. The summed E-state index contributed by atoms with van der Waals surface area (Å²) in [5, 5.41) is 6.30. The van der Waals surface area contributed by atoms with Crippen molar-refractivity contribution in [2.24, 2.45) is 5.41 Å². The predicted molar refractivity (Wildman–Crippen MR) is 105 cm³/mol. The molecule has 1 fully saturated rings. The van der Waals surface area contributed by atoms with E-state index >= 15 is 0 Å². The van der Waals surface area contributed by atoms with Crippen molar-refractivity contribution in [1.29, 1.82) is 0 Å². The Labute approximate surface area is 157 Å². The molecule has 0 spiro atoms. The van der Waals surface area contributed by atoms with Gasteiger partial charge < -0.3 is 15.5 Å². The van der Waals surface area contributed by atoms with Crippen LogP contribution in [0.4, 0.5) is 0 Å². The monoisotopic (exact) mass is 359 g/mol. The van der Waals surface area contributed by atoms with E-state index in [1.165, 1.54) is 0 Å². The molecule has 1 aromatic rings. The van der Waals surface area contributed by atoms with Crippen LogP contribution in [-0.4, -0.2) is 42.4 Å². The van der Waals surface area contributed by atoms with Crippen LogP contribution in [0.25, 0.3) is 0 Å². The summed E-state index contributed by atoms with van der Waals surface area (Å²) in [5.74, 6) is 0.140. The maximum atomic E-state index is 13.0. The van der Waals surface area contributed by atoms with Gasteiger partial charge in [0.25, 0.3) is 5.91 Å². The number of nitrogens with zero attached hydrogens (tertiary/aromatic N) is 1. The molecular formula is C21H33N3O2. The highest BCUT2D eigenvalue weighted by Gasteiger charge is 2.25. The van der Waals surface area contributed by atoms with Crippen molar-refractivity contribution in [3.63, 3.8) is 0 Å². The van der Waals surface area contributed by atoms with E-state index in [4.69, 9.17) is 0 Å². The summed E-state index contributed by atoms with van der Waals surface area (Å²) in [6.07, 6.45) is 3.00. The minimum atomic E-state index is -0.397. The summed E-state index contributed by atoms with van der Waals surface area (Å²) in [6, 6.07) is 7.95. The first-order valence-electron chi connectivity index (χ1n) is 9.72. The highest BCUT2D eigenvalue weighted by atomic mass is 16.2. The van der Waals surface area contributed by atoms with Crippen LogP contribution in [0.2, 0.25) is 0 Å². The third-order valence-corrected chi connectivity index (χ3v) is 4.81. The van der Waals surface area contributed by atoms with E-state index in [9.17, 15) is 9.59 Å². The van der Waals surface area contributed by atoms with Crippen LogP contribution in [0.15, 0.2) is 24.3 Å². The van der Waals surface area contributed by atoms with Gasteiger partial charge in [-0.1, -0.05) is 39.8 Å². The topological polar surface area (TPSA) is 61.4 Å². The van der Waals surface area contributed by atoms with Gasteiger partial charge in [-0.15, -0.1) is 0 Å². The van der Waals surface area contributed by atoms with Gasteiger partial charge in [0.15, 0.2) is 0 Å². The summed E-state index contributed by atoms with van der Waals surface area (Å²) in [4.78, 5) is 27.0. The van der Waals surface area contributed by atoms with Crippen molar-refractivity contribution in [2.45, 2.75) is 59.5 Å². The highest BCUT2D eigenvalue weighted by Crippen LogP contribution is 2.17. The van der Waals surface area contributed by atoms with Crippen molar-refractivity contribution in [3.05, 3.63) is 35.4 Å². The summed E-state index contributed by atoms with van der Waals surface area (Å²) in [6.45, 7) is 11.0. The van der Waals surface area contributed by atoms with Crippen LogP contribution in [0, 0.1) is 5.41 Å². The van der Waals surface area contributed by atoms with Gasteiger partial charge in [0.2, 0.25) is 5.91 Å². The molecule has 2 rings (SSSR count). The molecule has 1 saturated heterocycles. The minimum absolute atomic E-state index is 0.0256. The highest BCUT2D eigenvalue weighted by molar-refractivity contribution is 5.94. The summed E-state index contributed by atoms with van der Waals surface area (Å²) in [5.41, 5.74) is 1.33. The number of nitrogens with one attached hydrogen (secondary N) is 2. The molecular weight excluding hydrogens is 326 g/mol. The van der Waals surface area contributed by atoms with E-state index in [0.717, 1.165) is 50.0 Å². The molecule has 0 saturated carbocycles. The van der Waals surface area contributed by atoms with Gasteiger partial charge >= 0.3 is 0 Å². The Kier molecular flexibility index (Phi) is 7.21. The fourth-order valence-corrected chi connectivity index (χ4v) is 3.19. The van der Waals surface area contributed by atoms with Gasteiger partial charge in [-0.05, 0) is 50.0 Å². The zero-order valence-corrected chi connectivity index (χ0v) is 16.6. The quantitative estimate of drug-likeness (QED) is 0.821. The Morgan fingerprint density at radius 2 is 1.77 bits per heavy atom. The van der Waals surface area contributed by atoms with Crippen LogP contribution < -0.4 is 10.6 Å². The van der Waals surface area contributed by atoms with Crippen molar-refractivity contribution < 1.29 is 9.59 Å². The van der Waals surface area contributed by atoms with Crippen LogP contribution in [0.1, 0.15) is 62.9 Å². The molecule has 0 radical (unpaired) electrons. The Morgan fingerprint density at radius 1 is 1.15 bits per heavy atom. The molecule has 0 aliphatic carbocycles. The first kappa shape index (κ1) is 20.4. The smallest absolute Gasteiger partial charge is 0.254 e. The number of amides is 2. The standard InChI is InChI=1S/C21H33N3O2/c1-5-14-24(18-10-12-22-13-11-18)19(25)17-8-6-16(7-9-17)15-23-20(26)21(2,3)4/h6-9,18,22H,5,10-15H2,1-4H3,(H,23,26). The third kappa shape index (κ3) is 5.56. The predicted octanol–water partition coefficient (Wildman–Crippen LogP) is 2.95. The zero-order valence-electron chi connectivity index (χ0n) is 16.6. The van der Waals surface area contributed by atoms with E-state index in [2.05, 4.69) is 17.6 Å². The molecule has 0 atom stereocenters. The SMILES string of the molecule is CCCN(C(=O)c1ccc(CNC(=O)C(C)(C)C)cc1)C1CCNCC1. The summed E-state index contributed by atoms with van der Waals surface area (Å²) in [7, 11) is 0. The molecule has 26 heavy (non-hydrogen) atoms. The van der Waals surface area contributed by atoms with E-state index in [-0.39, 0.29) is 11.8 Å². The molecule has 1 aromatic carbocycles. The molecule has 1 aliphatic heterocycles. The van der Waals surface area contributed by atoms with Crippen LogP contribution in [0.5, 0.6) is 0 Å². The van der Waals surface area contributed by atoms with Crippen molar-refractivity contribution in [1.82, 2.24) is 15.5 Å². The fraction of sp³-hybridized carbons (Fsp3) is 0.619. The average molecular weight is 360 g/mol. The minimum Gasteiger partial charge on any atom is -0.352 e. The van der Waals surface area contributed by atoms with Crippen molar-refractivity contribution in [3.8, 4) is 0 Å². The Bertz CT molecular complexity index is 599. The number of hydrogen-bond donors (Lipinski definition) is 2. The van der Waals surface area contributed by atoms with Gasteiger partial charge in [-0.25, -0.2) is 0 Å².